The first-order valence-corrected chi connectivity index (χ1v) is 10.7. The standard InChI is InChI=1S/C21H19Cl2N3O4S/c1-4-30-18-16(28-2)10-12(11-17(18)29-3)9-15(23)20-25-26-21(31-20)19(27)24-14-7-5-13(22)6-8-14/h5-11H,4H2,1-3H3,(H,24,27)/b15-9+. The van der Waals surface area contributed by atoms with Crippen molar-refractivity contribution in [1.82, 2.24) is 10.2 Å². The fraction of sp³-hybridized carbons (Fsp3) is 0.190. The minimum absolute atomic E-state index is 0.179. The molecule has 0 atom stereocenters. The second kappa shape index (κ2) is 10.5. The van der Waals surface area contributed by atoms with Gasteiger partial charge in [0.05, 0.1) is 25.9 Å². The third kappa shape index (κ3) is 5.66. The minimum Gasteiger partial charge on any atom is -0.493 e. The van der Waals surface area contributed by atoms with E-state index in [0.717, 1.165) is 11.3 Å². The number of anilines is 1. The molecule has 3 aromatic rings. The van der Waals surface area contributed by atoms with Gasteiger partial charge in [-0.05, 0) is 55.0 Å². The van der Waals surface area contributed by atoms with Gasteiger partial charge in [0.15, 0.2) is 16.5 Å². The average Bonchev–Trinajstić information content (AvgIpc) is 3.27. The highest BCUT2D eigenvalue weighted by molar-refractivity contribution is 7.15. The number of rotatable bonds is 8. The first kappa shape index (κ1) is 22.9. The molecule has 0 aliphatic carbocycles. The summed E-state index contributed by atoms with van der Waals surface area (Å²) in [5.74, 6) is 1.15. The summed E-state index contributed by atoms with van der Waals surface area (Å²) in [7, 11) is 3.09. The Bertz CT molecular complexity index is 1080. The lowest BCUT2D eigenvalue weighted by Gasteiger charge is -2.14. The van der Waals surface area contributed by atoms with Crippen molar-refractivity contribution < 1.29 is 19.0 Å². The zero-order valence-electron chi connectivity index (χ0n) is 16.9. The Hall–Kier alpha value is -2.81. The van der Waals surface area contributed by atoms with Crippen molar-refractivity contribution in [2.45, 2.75) is 6.92 Å². The number of halogens is 2. The normalized spacial score (nSPS) is 11.2. The second-order valence-electron chi connectivity index (χ2n) is 6.05. The molecule has 10 heteroatoms. The third-order valence-corrected chi connectivity index (χ3v) is 5.60. The van der Waals surface area contributed by atoms with Crippen molar-refractivity contribution in [1.29, 1.82) is 0 Å². The van der Waals surface area contributed by atoms with Crippen LogP contribution in [0.2, 0.25) is 5.02 Å². The van der Waals surface area contributed by atoms with Gasteiger partial charge in [0.2, 0.25) is 10.8 Å². The van der Waals surface area contributed by atoms with Gasteiger partial charge in [-0.1, -0.05) is 34.5 Å². The molecule has 0 saturated heterocycles. The van der Waals surface area contributed by atoms with Crippen molar-refractivity contribution in [2.24, 2.45) is 0 Å². The lowest BCUT2D eigenvalue weighted by Crippen LogP contribution is -2.11. The molecule has 0 fully saturated rings. The number of nitrogens with zero attached hydrogens (tertiary/aromatic N) is 2. The molecule has 3 rings (SSSR count). The largest absolute Gasteiger partial charge is 0.493 e. The van der Waals surface area contributed by atoms with Crippen LogP contribution in [0.1, 0.15) is 27.3 Å². The number of benzene rings is 2. The Labute approximate surface area is 193 Å². The van der Waals surface area contributed by atoms with Gasteiger partial charge in [-0.25, -0.2) is 0 Å². The van der Waals surface area contributed by atoms with E-state index in [4.69, 9.17) is 37.4 Å². The Morgan fingerprint density at radius 3 is 2.29 bits per heavy atom. The molecular formula is C21H19Cl2N3O4S. The molecule has 0 saturated carbocycles. The third-order valence-electron chi connectivity index (χ3n) is 3.99. The van der Waals surface area contributed by atoms with Crippen LogP contribution in [0.15, 0.2) is 36.4 Å². The zero-order chi connectivity index (χ0) is 22.4. The summed E-state index contributed by atoms with van der Waals surface area (Å²) in [5.41, 5.74) is 1.31. The molecule has 1 aromatic heterocycles. The van der Waals surface area contributed by atoms with Crippen LogP contribution in [0.5, 0.6) is 17.2 Å². The molecule has 0 aliphatic heterocycles. The molecule has 0 bridgehead atoms. The maximum atomic E-state index is 12.4. The maximum absolute atomic E-state index is 12.4. The van der Waals surface area contributed by atoms with Crippen molar-refractivity contribution in [2.75, 3.05) is 26.1 Å². The molecule has 7 nitrogen and oxygen atoms in total. The number of carbonyl (C=O) groups is 1. The van der Waals surface area contributed by atoms with Crippen molar-refractivity contribution >= 4 is 57.2 Å². The summed E-state index contributed by atoms with van der Waals surface area (Å²) in [6.45, 7) is 2.34. The van der Waals surface area contributed by atoms with Crippen LogP contribution in [-0.2, 0) is 0 Å². The Kier molecular flexibility index (Phi) is 7.73. The van der Waals surface area contributed by atoms with Crippen LogP contribution >= 0.6 is 34.5 Å². The molecule has 1 amide bonds. The molecule has 0 spiro atoms. The predicted octanol–water partition coefficient (Wildman–Crippen LogP) is 5.60. The molecule has 0 aliphatic rings. The van der Waals surface area contributed by atoms with Crippen LogP contribution in [0.25, 0.3) is 11.1 Å². The van der Waals surface area contributed by atoms with E-state index >= 15 is 0 Å². The van der Waals surface area contributed by atoms with Gasteiger partial charge in [0.25, 0.3) is 5.91 Å². The highest BCUT2D eigenvalue weighted by Gasteiger charge is 2.17. The monoisotopic (exact) mass is 479 g/mol. The lowest BCUT2D eigenvalue weighted by atomic mass is 10.1. The number of hydrogen-bond acceptors (Lipinski definition) is 7. The smallest absolute Gasteiger partial charge is 0.286 e. The molecule has 1 N–H and O–H groups in total. The summed E-state index contributed by atoms with van der Waals surface area (Å²) < 4.78 is 16.4. The first-order chi connectivity index (χ1) is 14.9. The number of carbonyl (C=O) groups excluding carboxylic acids is 1. The number of methoxy groups -OCH3 is 2. The highest BCUT2D eigenvalue weighted by atomic mass is 35.5. The summed E-state index contributed by atoms with van der Waals surface area (Å²) in [6.07, 6.45) is 1.68. The minimum atomic E-state index is -0.389. The Morgan fingerprint density at radius 2 is 1.71 bits per heavy atom. The highest BCUT2D eigenvalue weighted by Crippen LogP contribution is 2.39. The summed E-state index contributed by atoms with van der Waals surface area (Å²) in [5, 5.41) is 12.2. The van der Waals surface area contributed by atoms with E-state index in [9.17, 15) is 4.79 Å². The van der Waals surface area contributed by atoms with Crippen molar-refractivity contribution in [3.05, 3.63) is 57.0 Å². The van der Waals surface area contributed by atoms with E-state index in [0.29, 0.717) is 50.2 Å². The van der Waals surface area contributed by atoms with Crippen LogP contribution < -0.4 is 19.5 Å². The molecule has 31 heavy (non-hydrogen) atoms. The second-order valence-corrected chi connectivity index (χ2v) is 7.87. The molecule has 162 valence electrons. The molecule has 0 radical (unpaired) electrons. The van der Waals surface area contributed by atoms with Crippen LogP contribution in [0.3, 0.4) is 0 Å². The number of aromatic nitrogens is 2. The quantitative estimate of drug-likeness (QED) is 0.452. The number of hydrogen-bond donors (Lipinski definition) is 1. The molecule has 2 aromatic carbocycles. The van der Waals surface area contributed by atoms with E-state index in [1.165, 1.54) is 0 Å². The van der Waals surface area contributed by atoms with E-state index in [-0.39, 0.29) is 10.9 Å². The van der Waals surface area contributed by atoms with E-state index in [1.54, 1.807) is 56.7 Å². The van der Waals surface area contributed by atoms with Crippen molar-refractivity contribution in [3.8, 4) is 17.2 Å². The molecular weight excluding hydrogens is 461 g/mol. The number of amides is 1. The Morgan fingerprint density at radius 1 is 1.10 bits per heavy atom. The predicted molar refractivity (Wildman–Crippen MR) is 124 cm³/mol. The van der Waals surface area contributed by atoms with Gasteiger partial charge in [0, 0.05) is 10.7 Å². The van der Waals surface area contributed by atoms with Crippen LogP contribution in [-0.4, -0.2) is 36.9 Å². The van der Waals surface area contributed by atoms with Gasteiger partial charge in [-0.3, -0.25) is 4.79 Å². The van der Waals surface area contributed by atoms with Gasteiger partial charge in [-0.15, -0.1) is 10.2 Å². The number of nitrogens with one attached hydrogen (secondary N) is 1. The van der Waals surface area contributed by atoms with Gasteiger partial charge >= 0.3 is 0 Å². The molecule has 1 heterocycles. The van der Waals surface area contributed by atoms with Gasteiger partial charge in [-0.2, -0.15) is 0 Å². The van der Waals surface area contributed by atoms with E-state index in [2.05, 4.69) is 15.5 Å². The van der Waals surface area contributed by atoms with Crippen LogP contribution in [0.4, 0.5) is 5.69 Å². The topological polar surface area (TPSA) is 82.6 Å². The zero-order valence-corrected chi connectivity index (χ0v) is 19.3. The summed E-state index contributed by atoms with van der Waals surface area (Å²) in [4.78, 5) is 12.4. The van der Waals surface area contributed by atoms with Gasteiger partial charge < -0.3 is 19.5 Å². The van der Waals surface area contributed by atoms with E-state index in [1.807, 2.05) is 6.92 Å². The van der Waals surface area contributed by atoms with E-state index < -0.39 is 0 Å². The SMILES string of the molecule is CCOc1c(OC)cc(/C=C(/Cl)c2nnc(C(=O)Nc3ccc(Cl)cc3)s2)cc1OC. The fourth-order valence-electron chi connectivity index (χ4n) is 2.61. The average molecular weight is 480 g/mol. The van der Waals surface area contributed by atoms with Gasteiger partial charge in [0.1, 0.15) is 0 Å². The van der Waals surface area contributed by atoms with Crippen molar-refractivity contribution in [3.63, 3.8) is 0 Å². The molecule has 0 unspecified atom stereocenters. The fourth-order valence-corrected chi connectivity index (χ4v) is 3.66. The lowest BCUT2D eigenvalue weighted by molar-refractivity contribution is 0.102. The maximum Gasteiger partial charge on any atom is 0.286 e. The summed E-state index contributed by atoms with van der Waals surface area (Å²) in [6, 6.07) is 10.3. The Balaban J connectivity index is 1.82. The number of ether oxygens (including phenoxy) is 3. The van der Waals surface area contributed by atoms with Crippen LogP contribution in [0, 0.1) is 0 Å². The summed E-state index contributed by atoms with van der Waals surface area (Å²) >= 11 is 13.4. The first-order valence-electron chi connectivity index (χ1n) is 9.12.